The molecule has 0 bridgehead atoms. The van der Waals surface area contributed by atoms with Gasteiger partial charge < -0.3 is 25.8 Å². The van der Waals surface area contributed by atoms with Crippen LogP contribution in [0.5, 0.6) is 0 Å². The predicted molar refractivity (Wildman–Crippen MR) is 186 cm³/mol. The first-order chi connectivity index (χ1) is 24.8. The summed E-state index contributed by atoms with van der Waals surface area (Å²) in [5.74, 6) is -8.41. The zero-order valence-corrected chi connectivity index (χ0v) is 30.2. The quantitative estimate of drug-likeness (QED) is 0.173. The van der Waals surface area contributed by atoms with E-state index in [1.165, 1.54) is 12.1 Å². The van der Waals surface area contributed by atoms with Crippen LogP contribution in [0.1, 0.15) is 77.8 Å². The molecule has 4 atom stereocenters. The lowest BCUT2D eigenvalue weighted by Crippen LogP contribution is -2.52. The van der Waals surface area contributed by atoms with Gasteiger partial charge >= 0.3 is 18.2 Å². The van der Waals surface area contributed by atoms with Crippen LogP contribution in [-0.2, 0) is 28.7 Å². The van der Waals surface area contributed by atoms with Gasteiger partial charge in [0.25, 0.3) is 5.91 Å². The maximum Gasteiger partial charge on any atom is 0.408 e. The van der Waals surface area contributed by atoms with E-state index >= 15 is 4.39 Å². The Balaban J connectivity index is 1.73. The molecule has 1 fully saturated rings. The summed E-state index contributed by atoms with van der Waals surface area (Å²) < 4.78 is 66.9. The zero-order valence-electron chi connectivity index (χ0n) is 30.2. The second-order valence-corrected chi connectivity index (χ2v) is 14.6. The number of halogens is 4. The molecule has 1 aliphatic carbocycles. The first-order valence-electron chi connectivity index (χ1n) is 17.3. The summed E-state index contributed by atoms with van der Waals surface area (Å²) >= 11 is 0. The fourth-order valence-electron chi connectivity index (χ4n) is 5.96. The Hall–Kier alpha value is -5.02. The van der Waals surface area contributed by atoms with E-state index in [4.69, 9.17) is 15.2 Å². The van der Waals surface area contributed by atoms with Gasteiger partial charge in [0.1, 0.15) is 17.5 Å². The highest BCUT2D eigenvalue weighted by molar-refractivity contribution is 6.20. The summed E-state index contributed by atoms with van der Waals surface area (Å²) in [6, 6.07) is 10.9. The van der Waals surface area contributed by atoms with Crippen molar-refractivity contribution in [2.45, 2.75) is 90.7 Å². The molecule has 0 radical (unpaired) electrons. The highest BCUT2D eigenvalue weighted by Gasteiger charge is 2.42. The van der Waals surface area contributed by atoms with Gasteiger partial charge in [0.2, 0.25) is 18.0 Å². The highest BCUT2D eigenvalue weighted by Crippen LogP contribution is 2.39. The van der Waals surface area contributed by atoms with E-state index in [9.17, 15) is 37.1 Å². The number of carbonyl (C=O) groups excluding carboxylic acids is 5. The molecule has 288 valence electrons. The minimum Gasteiger partial charge on any atom is -0.444 e. The fourth-order valence-corrected chi connectivity index (χ4v) is 5.96. The first kappa shape index (κ1) is 40.7. The van der Waals surface area contributed by atoms with E-state index in [1.807, 2.05) is 0 Å². The number of para-hydroxylation sites is 1. The van der Waals surface area contributed by atoms with Crippen LogP contribution in [0.15, 0.2) is 53.5 Å². The molecule has 2 aromatic carbocycles. The molecule has 4 amide bonds. The minimum absolute atomic E-state index is 0.0121. The molecular formula is C37H45F4N5O7. The van der Waals surface area contributed by atoms with Crippen molar-refractivity contribution in [2.75, 3.05) is 11.6 Å². The van der Waals surface area contributed by atoms with Crippen molar-refractivity contribution in [1.29, 1.82) is 0 Å². The molecule has 1 heterocycles. The van der Waals surface area contributed by atoms with Crippen LogP contribution < -0.4 is 21.3 Å². The molecule has 2 aromatic rings. The number of primary amides is 1. The number of amides is 4. The second-order valence-electron chi connectivity index (χ2n) is 14.6. The second kappa shape index (κ2) is 16.8. The van der Waals surface area contributed by atoms with Crippen LogP contribution in [-0.4, -0.2) is 66.2 Å². The number of fused-ring (bicyclic) bond motifs is 1. The van der Waals surface area contributed by atoms with Crippen molar-refractivity contribution in [3.05, 3.63) is 65.5 Å². The number of anilines is 1. The number of benzodiazepines with no additional fused rings is 1. The Morgan fingerprint density at radius 3 is 2.23 bits per heavy atom. The Morgan fingerprint density at radius 2 is 1.66 bits per heavy atom. The first-order valence-corrected chi connectivity index (χ1v) is 17.3. The van der Waals surface area contributed by atoms with Crippen LogP contribution in [0.25, 0.3) is 0 Å². The van der Waals surface area contributed by atoms with Crippen molar-refractivity contribution >= 4 is 41.2 Å². The maximum absolute atomic E-state index is 15.8. The van der Waals surface area contributed by atoms with Gasteiger partial charge in [0, 0.05) is 29.4 Å². The van der Waals surface area contributed by atoms with Crippen LogP contribution in [0.3, 0.4) is 0 Å². The lowest BCUT2D eigenvalue weighted by molar-refractivity contribution is -0.149. The van der Waals surface area contributed by atoms with Crippen LogP contribution in [0.2, 0.25) is 0 Å². The van der Waals surface area contributed by atoms with Crippen molar-refractivity contribution < 1.29 is 51.0 Å². The number of alkyl carbamates (subject to hydrolysis) is 1. The van der Waals surface area contributed by atoms with Crippen LogP contribution in [0.4, 0.5) is 28.0 Å². The summed E-state index contributed by atoms with van der Waals surface area (Å²) in [5.41, 5.74) is 4.88. The topological polar surface area (TPSA) is 169 Å². The van der Waals surface area contributed by atoms with E-state index in [2.05, 4.69) is 15.6 Å². The van der Waals surface area contributed by atoms with Crippen molar-refractivity contribution in [2.24, 2.45) is 34.4 Å². The van der Waals surface area contributed by atoms with E-state index < -0.39 is 96.9 Å². The fraction of sp³-hybridized carbons (Fsp3) is 0.514. The summed E-state index contributed by atoms with van der Waals surface area (Å²) in [7, 11) is 0. The number of benzene rings is 2. The highest BCUT2D eigenvalue weighted by atomic mass is 19.4. The normalized spacial score (nSPS) is 17.8. The summed E-state index contributed by atoms with van der Waals surface area (Å²) in [6.07, 6.45) is -8.09. The number of hydrogen-bond acceptors (Lipinski definition) is 8. The third-order valence-corrected chi connectivity index (χ3v) is 8.74. The average molecular weight is 748 g/mol. The number of nitrogens with two attached hydrogens (primary N) is 1. The van der Waals surface area contributed by atoms with Gasteiger partial charge in [-0.2, -0.15) is 13.2 Å². The molecule has 0 aromatic heterocycles. The molecule has 0 saturated heterocycles. The summed E-state index contributed by atoms with van der Waals surface area (Å²) in [5, 5.41) is 4.85. The van der Waals surface area contributed by atoms with Crippen molar-refractivity contribution in [1.82, 2.24) is 10.6 Å². The average Bonchev–Trinajstić information content (AvgIpc) is 3.89. The van der Waals surface area contributed by atoms with Crippen molar-refractivity contribution in [3.8, 4) is 0 Å². The molecule has 1 saturated carbocycles. The van der Waals surface area contributed by atoms with Gasteiger partial charge in [0.05, 0.1) is 11.4 Å². The van der Waals surface area contributed by atoms with Crippen molar-refractivity contribution in [3.63, 3.8) is 0 Å². The lowest BCUT2D eigenvalue weighted by Gasteiger charge is -2.29. The SMILES string of the molecule is CC(C)[C@H](NC(=O)OC(C)(C)C)C(=O)OCN1C(=O)[C@H](NC(=O)[C@H](CCC(F)(F)F)[C@H](CC2CC2)C(N)=O)N=C(c2ccccc2)c2cccc(F)c21. The van der Waals surface area contributed by atoms with E-state index in [0.717, 1.165) is 23.8 Å². The van der Waals surface area contributed by atoms with E-state index in [-0.39, 0.29) is 29.3 Å². The van der Waals surface area contributed by atoms with Gasteiger partial charge in [-0.25, -0.2) is 19.0 Å². The Morgan fingerprint density at radius 1 is 1.00 bits per heavy atom. The van der Waals surface area contributed by atoms with Gasteiger partial charge in [-0.3, -0.25) is 19.3 Å². The maximum atomic E-state index is 15.8. The molecule has 16 heteroatoms. The lowest BCUT2D eigenvalue weighted by atomic mass is 9.83. The number of carbonyl (C=O) groups is 5. The van der Waals surface area contributed by atoms with Gasteiger partial charge in [0.15, 0.2) is 6.73 Å². The monoisotopic (exact) mass is 747 g/mol. The number of nitrogens with zero attached hydrogens (tertiary/aromatic N) is 2. The zero-order chi connectivity index (χ0) is 39.2. The number of alkyl halides is 3. The summed E-state index contributed by atoms with van der Waals surface area (Å²) in [6.45, 7) is 7.22. The Kier molecular flexibility index (Phi) is 12.9. The molecule has 4 N–H and O–H groups in total. The number of esters is 1. The summed E-state index contributed by atoms with van der Waals surface area (Å²) in [4.78, 5) is 71.9. The molecule has 4 rings (SSSR count). The third kappa shape index (κ3) is 11.2. The van der Waals surface area contributed by atoms with Crippen LogP contribution in [0, 0.1) is 29.5 Å². The van der Waals surface area contributed by atoms with Gasteiger partial charge in [-0.05, 0) is 51.5 Å². The van der Waals surface area contributed by atoms with E-state index in [0.29, 0.717) is 5.56 Å². The van der Waals surface area contributed by atoms with Gasteiger partial charge in [-0.1, -0.05) is 69.2 Å². The molecule has 0 unspecified atom stereocenters. The number of hydrogen-bond donors (Lipinski definition) is 3. The largest absolute Gasteiger partial charge is 0.444 e. The minimum atomic E-state index is -4.66. The number of nitrogens with one attached hydrogen (secondary N) is 2. The standard InChI is InChI=1S/C37H45F4N5O7/c1-20(2)27(44-35(51)53-36(3,4)5)34(50)52-19-46-29-24(12-9-13-26(29)38)28(22-10-7-6-8-11-22)43-31(33(46)49)45-32(48)23(16-17-37(39,40)41)25(30(42)47)18-21-14-15-21/h6-13,20-21,23,25,27,31H,14-19H2,1-5H3,(H2,42,47)(H,44,51)(H,45,48)/t23-,25+,27+,31+/m1/s1. The molecule has 53 heavy (non-hydrogen) atoms. The number of aliphatic imine (C=N–C) groups is 1. The Labute approximate surface area is 304 Å². The smallest absolute Gasteiger partial charge is 0.408 e. The third-order valence-electron chi connectivity index (χ3n) is 8.74. The van der Waals surface area contributed by atoms with Crippen LogP contribution >= 0.6 is 0 Å². The Bertz CT molecular complexity index is 1710. The molecule has 2 aliphatic rings. The molecule has 0 spiro atoms. The molecular weight excluding hydrogens is 702 g/mol. The molecule has 12 nitrogen and oxygen atoms in total. The van der Waals surface area contributed by atoms with Gasteiger partial charge in [-0.15, -0.1) is 0 Å². The number of rotatable bonds is 14. The number of ether oxygens (including phenoxy) is 2. The predicted octanol–water partition coefficient (Wildman–Crippen LogP) is 5.36. The van der Waals surface area contributed by atoms with E-state index in [1.54, 1.807) is 65.0 Å². The molecule has 1 aliphatic heterocycles.